The summed E-state index contributed by atoms with van der Waals surface area (Å²) in [6.07, 6.45) is 9.03. The Labute approximate surface area is 239 Å². The molecule has 0 aliphatic heterocycles. The van der Waals surface area contributed by atoms with Crippen molar-refractivity contribution in [3.05, 3.63) is 151 Å². The minimum atomic E-state index is 0.248. The van der Waals surface area contributed by atoms with Gasteiger partial charge in [-0.1, -0.05) is 97.1 Å². The van der Waals surface area contributed by atoms with Crippen LogP contribution in [-0.2, 0) is 0 Å². The molecule has 4 nitrogen and oxygen atoms in total. The van der Waals surface area contributed by atoms with Crippen LogP contribution in [0.1, 0.15) is 5.56 Å². The average molecular weight is 529 g/mol. The number of nitrogens with zero attached hydrogens (tertiary/aromatic N) is 1. The molecule has 1 aromatic heterocycles. The molecule has 1 aliphatic carbocycles. The highest BCUT2D eigenvalue weighted by Gasteiger charge is 2.18. The lowest BCUT2D eigenvalue weighted by Gasteiger charge is -2.19. The standard InChI is InChI=1S/C26H18N2.C11H10N2/c27-23-15-14-18(16-24(23)28)26-21-12-6-4-10-19(21)25(17-8-2-1-3-9-17)20-11-5-7-13-22(20)26;12-11-3-1-2-10(8-11)9-4-6-13-7-5-9/h1-16,27-28H;1-8H,12H2. The second-order valence-electron chi connectivity index (χ2n) is 9.83. The minimum Gasteiger partial charge on any atom is -0.399 e. The molecule has 0 spiro atoms. The Morgan fingerprint density at radius 3 is 1.63 bits per heavy atom. The van der Waals surface area contributed by atoms with Crippen LogP contribution < -0.4 is 5.73 Å². The van der Waals surface area contributed by atoms with E-state index in [-0.39, 0.29) is 11.4 Å². The second-order valence-corrected chi connectivity index (χ2v) is 9.83. The number of pyridine rings is 1. The smallest absolute Gasteiger partial charge is 0.0795 e. The summed E-state index contributed by atoms with van der Waals surface area (Å²) < 4.78 is 0. The van der Waals surface area contributed by atoms with Crippen LogP contribution in [0.5, 0.6) is 0 Å². The third-order valence-corrected chi connectivity index (χ3v) is 7.20. The first-order valence-corrected chi connectivity index (χ1v) is 13.4. The largest absolute Gasteiger partial charge is 0.399 e. The van der Waals surface area contributed by atoms with Crippen LogP contribution in [0.25, 0.3) is 49.4 Å². The van der Waals surface area contributed by atoms with Gasteiger partial charge in [-0.25, -0.2) is 0 Å². The summed E-state index contributed by atoms with van der Waals surface area (Å²) in [6.45, 7) is 0. The Morgan fingerprint density at radius 1 is 0.488 bits per heavy atom. The van der Waals surface area contributed by atoms with Gasteiger partial charge in [0.2, 0.25) is 0 Å². The van der Waals surface area contributed by atoms with E-state index in [2.05, 4.69) is 77.8 Å². The minimum absolute atomic E-state index is 0.248. The second kappa shape index (κ2) is 11.2. The molecular formula is C37H28N4. The quantitative estimate of drug-likeness (QED) is 0.122. The molecule has 0 saturated heterocycles. The number of anilines is 1. The van der Waals surface area contributed by atoms with Gasteiger partial charge >= 0.3 is 0 Å². The van der Waals surface area contributed by atoms with Crippen LogP contribution in [0.2, 0.25) is 0 Å². The zero-order chi connectivity index (χ0) is 28.2. The number of rotatable bonds is 3. The summed E-state index contributed by atoms with van der Waals surface area (Å²) in [4.78, 5) is 3.96. The molecule has 0 bridgehead atoms. The topological polar surface area (TPSA) is 86.6 Å². The van der Waals surface area contributed by atoms with Gasteiger partial charge in [-0.2, -0.15) is 0 Å². The third-order valence-electron chi connectivity index (χ3n) is 7.20. The zero-order valence-electron chi connectivity index (χ0n) is 22.4. The molecule has 4 heteroatoms. The van der Waals surface area contributed by atoms with Gasteiger partial charge in [-0.3, -0.25) is 15.8 Å². The van der Waals surface area contributed by atoms with Crippen molar-refractivity contribution in [2.75, 3.05) is 5.73 Å². The van der Waals surface area contributed by atoms with E-state index in [9.17, 15) is 0 Å². The Bertz CT molecular complexity index is 1910. The number of hydrogen-bond acceptors (Lipinski definition) is 4. The number of aromatic nitrogens is 1. The molecule has 1 aliphatic rings. The molecular weight excluding hydrogens is 500 g/mol. The molecule has 1 heterocycles. The number of nitrogens with two attached hydrogens (primary N) is 1. The van der Waals surface area contributed by atoms with Gasteiger partial charge in [0.15, 0.2) is 0 Å². The van der Waals surface area contributed by atoms with Crippen LogP contribution in [0.15, 0.2) is 146 Å². The van der Waals surface area contributed by atoms with Crippen molar-refractivity contribution in [1.29, 1.82) is 10.8 Å². The lowest BCUT2D eigenvalue weighted by atomic mass is 9.84. The van der Waals surface area contributed by atoms with Gasteiger partial charge in [0, 0.05) is 18.1 Å². The summed E-state index contributed by atoms with van der Waals surface area (Å²) in [5.41, 5.74) is 13.8. The molecule has 5 aromatic carbocycles. The Balaban J connectivity index is 0.000000195. The summed E-state index contributed by atoms with van der Waals surface area (Å²) in [6, 6.07) is 39.2. The first kappa shape index (κ1) is 25.7. The molecule has 0 unspecified atom stereocenters. The molecule has 0 saturated carbocycles. The Hall–Kier alpha value is -5.61. The Morgan fingerprint density at radius 2 is 1.05 bits per heavy atom. The first-order valence-electron chi connectivity index (χ1n) is 13.4. The van der Waals surface area contributed by atoms with Crippen molar-refractivity contribution in [2.45, 2.75) is 0 Å². The molecule has 4 N–H and O–H groups in total. The molecule has 0 atom stereocenters. The SMILES string of the molecule is N=C1C=CC(c2c3ccccc3c(-c3ccccc3)c3ccccc23)=CC1=N.Nc1cccc(-c2ccncc2)c1. The van der Waals surface area contributed by atoms with E-state index < -0.39 is 0 Å². The van der Waals surface area contributed by atoms with Crippen LogP contribution in [0.4, 0.5) is 5.69 Å². The van der Waals surface area contributed by atoms with E-state index in [1.165, 1.54) is 21.9 Å². The molecule has 7 rings (SSSR count). The van der Waals surface area contributed by atoms with Gasteiger partial charge in [0.05, 0.1) is 11.4 Å². The third kappa shape index (κ3) is 5.19. The number of benzene rings is 5. The molecule has 41 heavy (non-hydrogen) atoms. The van der Waals surface area contributed by atoms with Crippen LogP contribution in [-0.4, -0.2) is 16.4 Å². The van der Waals surface area contributed by atoms with Gasteiger partial charge in [0.1, 0.15) is 0 Å². The van der Waals surface area contributed by atoms with Gasteiger partial charge in [0.25, 0.3) is 0 Å². The zero-order valence-corrected chi connectivity index (χ0v) is 22.4. The van der Waals surface area contributed by atoms with E-state index >= 15 is 0 Å². The first-order chi connectivity index (χ1) is 20.1. The molecule has 0 fully saturated rings. The lowest BCUT2D eigenvalue weighted by molar-refractivity contribution is 1.33. The fourth-order valence-corrected chi connectivity index (χ4v) is 5.32. The maximum Gasteiger partial charge on any atom is 0.0795 e. The maximum atomic E-state index is 8.12. The highest BCUT2D eigenvalue weighted by atomic mass is 14.6. The number of allylic oxidation sites excluding steroid dienone is 4. The normalized spacial score (nSPS) is 12.6. The number of fused-ring (bicyclic) bond motifs is 2. The average Bonchev–Trinajstić information content (AvgIpc) is 3.02. The van der Waals surface area contributed by atoms with Crippen molar-refractivity contribution in [3.8, 4) is 22.3 Å². The van der Waals surface area contributed by atoms with Crippen molar-refractivity contribution < 1.29 is 0 Å². The monoisotopic (exact) mass is 528 g/mol. The number of nitrogen functional groups attached to an aromatic ring is 1. The maximum absolute atomic E-state index is 8.12. The van der Waals surface area contributed by atoms with E-state index in [4.69, 9.17) is 16.6 Å². The van der Waals surface area contributed by atoms with Gasteiger partial charge in [-0.15, -0.1) is 0 Å². The van der Waals surface area contributed by atoms with E-state index in [0.717, 1.165) is 38.7 Å². The molecule has 196 valence electrons. The lowest BCUT2D eigenvalue weighted by Crippen LogP contribution is -2.10. The van der Waals surface area contributed by atoms with E-state index in [0.29, 0.717) is 0 Å². The number of nitrogens with one attached hydrogen (secondary N) is 2. The summed E-state index contributed by atoms with van der Waals surface area (Å²) in [5.74, 6) is 0. The van der Waals surface area contributed by atoms with Crippen LogP contribution in [0.3, 0.4) is 0 Å². The summed E-state index contributed by atoms with van der Waals surface area (Å²) in [5, 5.41) is 20.7. The van der Waals surface area contributed by atoms with Gasteiger partial charge in [-0.05, 0) is 91.4 Å². The fourth-order valence-electron chi connectivity index (χ4n) is 5.32. The number of hydrogen-bond donors (Lipinski definition) is 3. The van der Waals surface area contributed by atoms with E-state index in [1.54, 1.807) is 24.5 Å². The molecule has 0 radical (unpaired) electrons. The fraction of sp³-hybridized carbons (Fsp3) is 0. The van der Waals surface area contributed by atoms with Crippen molar-refractivity contribution in [2.24, 2.45) is 0 Å². The summed E-state index contributed by atoms with van der Waals surface area (Å²) in [7, 11) is 0. The van der Waals surface area contributed by atoms with Crippen LogP contribution in [0, 0.1) is 10.8 Å². The highest BCUT2D eigenvalue weighted by Crippen LogP contribution is 2.42. The predicted octanol–water partition coefficient (Wildman–Crippen LogP) is 8.98. The van der Waals surface area contributed by atoms with Gasteiger partial charge < -0.3 is 5.73 Å². The van der Waals surface area contributed by atoms with Crippen molar-refractivity contribution in [1.82, 2.24) is 4.98 Å². The van der Waals surface area contributed by atoms with Crippen molar-refractivity contribution >= 4 is 44.2 Å². The predicted molar refractivity (Wildman–Crippen MR) is 174 cm³/mol. The highest BCUT2D eigenvalue weighted by molar-refractivity contribution is 6.50. The molecule has 0 amide bonds. The Kier molecular flexibility index (Phi) is 7.04. The summed E-state index contributed by atoms with van der Waals surface area (Å²) >= 11 is 0. The van der Waals surface area contributed by atoms with E-state index in [1.807, 2.05) is 48.5 Å². The molecule has 6 aromatic rings. The van der Waals surface area contributed by atoms with Crippen LogP contribution >= 0.6 is 0 Å². The van der Waals surface area contributed by atoms with Crippen molar-refractivity contribution in [3.63, 3.8) is 0 Å².